The fourth-order valence-corrected chi connectivity index (χ4v) is 3.38. The van der Waals surface area contributed by atoms with Gasteiger partial charge in [0.15, 0.2) is 0 Å². The summed E-state index contributed by atoms with van der Waals surface area (Å²) < 4.78 is 13.3. The molecule has 0 aliphatic carbocycles. The summed E-state index contributed by atoms with van der Waals surface area (Å²) in [6.07, 6.45) is 0.868. The van der Waals surface area contributed by atoms with Crippen molar-refractivity contribution in [3.05, 3.63) is 29.6 Å². The number of amides is 1. The van der Waals surface area contributed by atoms with Crippen LogP contribution >= 0.6 is 11.8 Å². The zero-order chi connectivity index (χ0) is 12.5. The van der Waals surface area contributed by atoms with E-state index in [9.17, 15) is 9.18 Å². The number of halogens is 1. The van der Waals surface area contributed by atoms with Gasteiger partial charge in [0.05, 0.1) is 12.0 Å². The molecule has 1 atom stereocenters. The predicted octanol–water partition coefficient (Wildman–Crippen LogP) is 1.70. The van der Waals surface area contributed by atoms with E-state index in [1.54, 1.807) is 23.9 Å². The predicted molar refractivity (Wildman–Crippen MR) is 69.0 cm³/mol. The molecule has 3 rings (SSSR count). The van der Waals surface area contributed by atoms with E-state index in [0.717, 1.165) is 35.7 Å². The minimum Gasteiger partial charge on any atom is -0.349 e. The quantitative estimate of drug-likeness (QED) is 0.856. The number of benzene rings is 1. The van der Waals surface area contributed by atoms with Gasteiger partial charge in [-0.05, 0) is 30.2 Å². The zero-order valence-electron chi connectivity index (χ0n) is 9.91. The van der Waals surface area contributed by atoms with Gasteiger partial charge in [0.1, 0.15) is 5.82 Å². The van der Waals surface area contributed by atoms with Crippen molar-refractivity contribution in [3.63, 3.8) is 0 Å². The molecule has 1 aromatic rings. The summed E-state index contributed by atoms with van der Waals surface area (Å²) in [5, 5.41) is 6.13. The van der Waals surface area contributed by atoms with E-state index in [0.29, 0.717) is 0 Å². The first-order valence-corrected chi connectivity index (χ1v) is 7.16. The summed E-state index contributed by atoms with van der Waals surface area (Å²) in [5.74, 6) is 0.894. The third-order valence-corrected chi connectivity index (χ3v) is 4.60. The lowest BCUT2D eigenvalue weighted by molar-refractivity contribution is -0.127. The van der Waals surface area contributed by atoms with Gasteiger partial charge in [-0.1, -0.05) is 0 Å². The average Bonchev–Trinajstić information content (AvgIpc) is 2.27. The molecule has 96 valence electrons. The zero-order valence-corrected chi connectivity index (χ0v) is 10.7. The van der Waals surface area contributed by atoms with Gasteiger partial charge < -0.3 is 10.6 Å². The molecule has 18 heavy (non-hydrogen) atoms. The van der Waals surface area contributed by atoms with E-state index in [1.165, 1.54) is 6.07 Å². The topological polar surface area (TPSA) is 41.1 Å². The molecule has 2 N–H and O–H groups in total. The number of nitrogens with one attached hydrogen (secondary N) is 2. The Kier molecular flexibility index (Phi) is 3.26. The smallest absolute Gasteiger partial charge is 0.226 e. The second-order valence-corrected chi connectivity index (χ2v) is 5.87. The van der Waals surface area contributed by atoms with Crippen LogP contribution in [0.4, 0.5) is 4.39 Å². The fourth-order valence-electron chi connectivity index (χ4n) is 2.28. The molecule has 1 amide bonds. The lowest BCUT2D eigenvalue weighted by Crippen LogP contribution is -2.51. The molecule has 0 saturated carbocycles. The molecule has 1 unspecified atom stereocenters. The number of hydrogen-bond donors (Lipinski definition) is 2. The summed E-state index contributed by atoms with van der Waals surface area (Å²) in [4.78, 5) is 13.0. The van der Waals surface area contributed by atoms with E-state index < -0.39 is 0 Å². The first kappa shape index (κ1) is 12.0. The van der Waals surface area contributed by atoms with Crippen LogP contribution in [0.15, 0.2) is 23.1 Å². The van der Waals surface area contributed by atoms with Crippen LogP contribution in [0.25, 0.3) is 0 Å². The SMILES string of the molecule is O=C(NC1CCSc2ccc(F)cc21)C1CNC1. The van der Waals surface area contributed by atoms with E-state index in [1.807, 2.05) is 0 Å². The van der Waals surface area contributed by atoms with Gasteiger partial charge in [-0.3, -0.25) is 4.79 Å². The first-order chi connectivity index (χ1) is 8.74. The molecular weight excluding hydrogens is 251 g/mol. The Morgan fingerprint density at radius 3 is 3.00 bits per heavy atom. The third kappa shape index (κ3) is 2.24. The number of rotatable bonds is 2. The summed E-state index contributed by atoms with van der Waals surface area (Å²) >= 11 is 1.73. The fraction of sp³-hybridized carbons (Fsp3) is 0.462. The van der Waals surface area contributed by atoms with Gasteiger partial charge in [0.25, 0.3) is 0 Å². The van der Waals surface area contributed by atoms with Crippen molar-refractivity contribution in [3.8, 4) is 0 Å². The molecule has 5 heteroatoms. The monoisotopic (exact) mass is 266 g/mol. The number of thioether (sulfide) groups is 1. The van der Waals surface area contributed by atoms with E-state index in [4.69, 9.17) is 0 Å². The summed E-state index contributed by atoms with van der Waals surface area (Å²) in [6, 6.07) is 4.79. The van der Waals surface area contributed by atoms with Gasteiger partial charge in [0.2, 0.25) is 5.91 Å². The average molecular weight is 266 g/mol. The standard InChI is InChI=1S/C13H15FN2OS/c14-9-1-2-12-10(5-9)11(3-4-18-12)16-13(17)8-6-15-7-8/h1-2,5,8,11,15H,3-4,6-7H2,(H,16,17). The largest absolute Gasteiger partial charge is 0.349 e. The maximum atomic E-state index is 13.3. The number of carbonyl (C=O) groups excluding carboxylic acids is 1. The minimum atomic E-state index is -0.235. The number of hydrogen-bond acceptors (Lipinski definition) is 3. The second kappa shape index (κ2) is 4.90. The van der Waals surface area contributed by atoms with Crippen LogP contribution in [0.2, 0.25) is 0 Å². The molecule has 2 aliphatic rings. The lowest BCUT2D eigenvalue weighted by Gasteiger charge is -2.31. The molecule has 3 nitrogen and oxygen atoms in total. The highest BCUT2D eigenvalue weighted by Crippen LogP contribution is 2.36. The van der Waals surface area contributed by atoms with Gasteiger partial charge in [0, 0.05) is 23.7 Å². The molecule has 1 fully saturated rings. The molecule has 0 bridgehead atoms. The van der Waals surface area contributed by atoms with Crippen molar-refractivity contribution in [2.24, 2.45) is 5.92 Å². The lowest BCUT2D eigenvalue weighted by atomic mass is 9.99. The molecule has 0 spiro atoms. The van der Waals surface area contributed by atoms with Crippen LogP contribution in [0.1, 0.15) is 18.0 Å². The van der Waals surface area contributed by atoms with Gasteiger partial charge in [-0.15, -0.1) is 11.8 Å². The molecule has 2 heterocycles. The Labute approximate surface area is 110 Å². The Hall–Kier alpha value is -1.07. The van der Waals surface area contributed by atoms with Crippen molar-refractivity contribution in [1.29, 1.82) is 0 Å². The number of carbonyl (C=O) groups is 1. The Bertz CT molecular complexity index is 476. The van der Waals surface area contributed by atoms with Crippen LogP contribution in [0.3, 0.4) is 0 Å². The van der Waals surface area contributed by atoms with Crippen molar-refractivity contribution < 1.29 is 9.18 Å². The summed E-state index contributed by atoms with van der Waals surface area (Å²) in [6.45, 7) is 1.51. The maximum absolute atomic E-state index is 13.3. The van der Waals surface area contributed by atoms with Crippen molar-refractivity contribution in [1.82, 2.24) is 10.6 Å². The Balaban J connectivity index is 1.77. The normalized spacial score (nSPS) is 23.1. The van der Waals surface area contributed by atoms with Crippen LogP contribution in [0.5, 0.6) is 0 Å². The highest BCUT2D eigenvalue weighted by molar-refractivity contribution is 7.99. The van der Waals surface area contributed by atoms with E-state index >= 15 is 0 Å². The Morgan fingerprint density at radius 2 is 2.28 bits per heavy atom. The van der Waals surface area contributed by atoms with Crippen molar-refractivity contribution in [2.45, 2.75) is 17.4 Å². The van der Waals surface area contributed by atoms with E-state index in [2.05, 4.69) is 10.6 Å². The molecule has 2 aliphatic heterocycles. The Morgan fingerprint density at radius 1 is 1.44 bits per heavy atom. The van der Waals surface area contributed by atoms with Crippen molar-refractivity contribution >= 4 is 17.7 Å². The third-order valence-electron chi connectivity index (χ3n) is 3.48. The van der Waals surface area contributed by atoms with Gasteiger partial charge in [-0.25, -0.2) is 4.39 Å². The van der Waals surface area contributed by atoms with Gasteiger partial charge in [-0.2, -0.15) is 0 Å². The maximum Gasteiger partial charge on any atom is 0.226 e. The van der Waals surface area contributed by atoms with Crippen LogP contribution in [0, 0.1) is 11.7 Å². The summed E-state index contributed by atoms with van der Waals surface area (Å²) in [7, 11) is 0. The molecule has 0 radical (unpaired) electrons. The van der Waals surface area contributed by atoms with Gasteiger partial charge >= 0.3 is 0 Å². The highest BCUT2D eigenvalue weighted by Gasteiger charge is 2.29. The van der Waals surface area contributed by atoms with Crippen molar-refractivity contribution in [2.75, 3.05) is 18.8 Å². The van der Waals surface area contributed by atoms with Crippen LogP contribution < -0.4 is 10.6 Å². The number of fused-ring (bicyclic) bond motifs is 1. The van der Waals surface area contributed by atoms with E-state index in [-0.39, 0.29) is 23.7 Å². The van der Waals surface area contributed by atoms with Crippen LogP contribution in [-0.2, 0) is 4.79 Å². The first-order valence-electron chi connectivity index (χ1n) is 6.17. The molecular formula is C13H15FN2OS. The highest BCUT2D eigenvalue weighted by atomic mass is 32.2. The van der Waals surface area contributed by atoms with Crippen LogP contribution in [-0.4, -0.2) is 24.7 Å². The molecule has 1 aromatic carbocycles. The second-order valence-electron chi connectivity index (χ2n) is 4.74. The minimum absolute atomic E-state index is 0.0370. The summed E-state index contributed by atoms with van der Waals surface area (Å²) in [5.41, 5.74) is 0.923. The molecule has 0 aromatic heterocycles. The molecule has 1 saturated heterocycles.